The van der Waals surface area contributed by atoms with Crippen LogP contribution in [-0.4, -0.2) is 13.6 Å². The first-order valence-electron chi connectivity index (χ1n) is 8.04. The van der Waals surface area contributed by atoms with Gasteiger partial charge in [0.05, 0.1) is 0 Å². The van der Waals surface area contributed by atoms with Crippen molar-refractivity contribution in [3.05, 3.63) is 35.9 Å². The van der Waals surface area contributed by atoms with Crippen molar-refractivity contribution in [1.29, 1.82) is 0 Å². The van der Waals surface area contributed by atoms with Gasteiger partial charge in [-0.15, -0.1) is 0 Å². The maximum Gasteiger partial charge on any atom is 0.00172 e. The third-order valence-corrected chi connectivity index (χ3v) is 4.90. The van der Waals surface area contributed by atoms with Crippen molar-refractivity contribution in [3.63, 3.8) is 0 Å². The van der Waals surface area contributed by atoms with E-state index in [1.54, 1.807) is 0 Å². The van der Waals surface area contributed by atoms with Crippen molar-refractivity contribution in [2.24, 2.45) is 11.8 Å². The van der Waals surface area contributed by atoms with Crippen LogP contribution in [0.2, 0.25) is 0 Å². The molecule has 1 aromatic carbocycles. The SMILES string of the molecule is CCC1CCCCC1CC(CNC)c1ccccc1. The van der Waals surface area contributed by atoms with Crippen LogP contribution < -0.4 is 5.32 Å². The first-order chi connectivity index (χ1) is 9.35. The van der Waals surface area contributed by atoms with E-state index in [1.165, 1.54) is 44.1 Å². The summed E-state index contributed by atoms with van der Waals surface area (Å²) in [5.74, 6) is 2.59. The topological polar surface area (TPSA) is 12.0 Å². The molecule has 3 atom stereocenters. The van der Waals surface area contributed by atoms with Gasteiger partial charge in [0.2, 0.25) is 0 Å². The van der Waals surface area contributed by atoms with Gasteiger partial charge < -0.3 is 5.32 Å². The zero-order chi connectivity index (χ0) is 13.5. The molecule has 0 bridgehead atoms. The Labute approximate surface area is 118 Å². The summed E-state index contributed by atoms with van der Waals surface area (Å²) >= 11 is 0. The first kappa shape index (κ1) is 14.6. The Balaban J connectivity index is 2.03. The Morgan fingerprint density at radius 1 is 1.11 bits per heavy atom. The first-order valence-corrected chi connectivity index (χ1v) is 8.04. The van der Waals surface area contributed by atoms with Crippen LogP contribution in [0.5, 0.6) is 0 Å². The summed E-state index contributed by atoms with van der Waals surface area (Å²) in [6.07, 6.45) is 8.54. The predicted molar refractivity (Wildman–Crippen MR) is 83.5 cm³/mol. The monoisotopic (exact) mass is 259 g/mol. The van der Waals surface area contributed by atoms with Crippen LogP contribution in [0.25, 0.3) is 0 Å². The molecule has 1 aliphatic rings. The van der Waals surface area contributed by atoms with E-state index in [2.05, 4.69) is 49.6 Å². The van der Waals surface area contributed by atoms with Gasteiger partial charge in [-0.2, -0.15) is 0 Å². The van der Waals surface area contributed by atoms with Crippen LogP contribution >= 0.6 is 0 Å². The largest absolute Gasteiger partial charge is 0.319 e. The quantitative estimate of drug-likeness (QED) is 0.787. The maximum absolute atomic E-state index is 3.39. The molecule has 1 saturated carbocycles. The second-order valence-corrected chi connectivity index (χ2v) is 6.11. The molecule has 3 unspecified atom stereocenters. The molecule has 0 amide bonds. The minimum absolute atomic E-state index is 0.684. The summed E-state index contributed by atoms with van der Waals surface area (Å²) in [6.45, 7) is 3.48. The lowest BCUT2D eigenvalue weighted by Gasteiger charge is -2.33. The van der Waals surface area contributed by atoms with E-state index >= 15 is 0 Å². The molecule has 0 aliphatic heterocycles. The summed E-state index contributed by atoms with van der Waals surface area (Å²) in [5.41, 5.74) is 1.51. The zero-order valence-corrected chi connectivity index (χ0v) is 12.6. The number of benzene rings is 1. The van der Waals surface area contributed by atoms with Gasteiger partial charge in [0.1, 0.15) is 0 Å². The van der Waals surface area contributed by atoms with Gasteiger partial charge in [-0.3, -0.25) is 0 Å². The van der Waals surface area contributed by atoms with E-state index in [1.807, 2.05) is 0 Å². The fourth-order valence-electron chi connectivity index (χ4n) is 3.81. The van der Waals surface area contributed by atoms with Crippen LogP contribution in [-0.2, 0) is 0 Å². The minimum atomic E-state index is 0.684. The summed E-state index contributed by atoms with van der Waals surface area (Å²) < 4.78 is 0. The normalized spacial score (nSPS) is 25.2. The van der Waals surface area contributed by atoms with Gasteiger partial charge in [-0.1, -0.05) is 69.4 Å². The van der Waals surface area contributed by atoms with Crippen LogP contribution in [0.1, 0.15) is 56.9 Å². The van der Waals surface area contributed by atoms with Crippen LogP contribution in [0.3, 0.4) is 0 Å². The molecule has 1 N–H and O–H groups in total. The van der Waals surface area contributed by atoms with E-state index in [9.17, 15) is 0 Å². The molecule has 2 rings (SSSR count). The van der Waals surface area contributed by atoms with Crippen molar-refractivity contribution in [2.75, 3.05) is 13.6 Å². The standard InChI is InChI=1S/C18H29N/c1-3-15-9-7-8-12-17(15)13-18(14-19-2)16-10-5-4-6-11-16/h4-6,10-11,15,17-19H,3,7-9,12-14H2,1-2H3. The molecule has 1 heteroatoms. The van der Waals surface area contributed by atoms with Crippen molar-refractivity contribution < 1.29 is 0 Å². The third kappa shape index (κ3) is 4.07. The Morgan fingerprint density at radius 2 is 1.79 bits per heavy atom. The second-order valence-electron chi connectivity index (χ2n) is 6.11. The molecular weight excluding hydrogens is 230 g/mol. The van der Waals surface area contributed by atoms with Crippen molar-refractivity contribution in [1.82, 2.24) is 5.32 Å². The number of likely N-dealkylation sites (N-methyl/N-ethyl adjacent to an activating group) is 1. The highest BCUT2D eigenvalue weighted by Crippen LogP contribution is 2.38. The van der Waals surface area contributed by atoms with Gasteiger partial charge in [-0.05, 0) is 36.8 Å². The fourth-order valence-corrected chi connectivity index (χ4v) is 3.81. The average Bonchev–Trinajstić information content (AvgIpc) is 2.48. The average molecular weight is 259 g/mol. The second kappa shape index (κ2) is 7.69. The maximum atomic E-state index is 3.39. The zero-order valence-electron chi connectivity index (χ0n) is 12.6. The molecule has 0 aromatic heterocycles. The van der Waals surface area contributed by atoms with Crippen LogP contribution in [0, 0.1) is 11.8 Å². The lowest BCUT2D eigenvalue weighted by atomic mass is 9.73. The summed E-state index contributed by atoms with van der Waals surface area (Å²) in [5, 5.41) is 3.39. The van der Waals surface area contributed by atoms with Crippen molar-refractivity contribution in [3.8, 4) is 0 Å². The van der Waals surface area contributed by atoms with Crippen LogP contribution in [0.15, 0.2) is 30.3 Å². The Morgan fingerprint density at radius 3 is 2.42 bits per heavy atom. The van der Waals surface area contributed by atoms with E-state index in [0.29, 0.717) is 5.92 Å². The predicted octanol–water partition coefficient (Wildman–Crippen LogP) is 4.60. The molecular formula is C18H29N. The highest BCUT2D eigenvalue weighted by Gasteiger charge is 2.26. The van der Waals surface area contributed by atoms with Gasteiger partial charge in [-0.25, -0.2) is 0 Å². The van der Waals surface area contributed by atoms with Crippen LogP contribution in [0.4, 0.5) is 0 Å². The lowest BCUT2D eigenvalue weighted by molar-refractivity contribution is 0.205. The Hall–Kier alpha value is -0.820. The molecule has 1 aliphatic carbocycles. The van der Waals surface area contributed by atoms with Crippen molar-refractivity contribution in [2.45, 2.75) is 51.4 Å². The molecule has 0 spiro atoms. The molecule has 0 saturated heterocycles. The Kier molecular flexibility index (Phi) is 5.91. The fraction of sp³-hybridized carbons (Fsp3) is 0.667. The summed E-state index contributed by atoms with van der Waals surface area (Å²) in [6, 6.07) is 11.1. The Bertz CT molecular complexity index is 346. The molecule has 106 valence electrons. The van der Waals surface area contributed by atoms with E-state index in [-0.39, 0.29) is 0 Å². The van der Waals surface area contributed by atoms with Gasteiger partial charge in [0, 0.05) is 6.54 Å². The highest BCUT2D eigenvalue weighted by molar-refractivity contribution is 5.20. The lowest BCUT2D eigenvalue weighted by Crippen LogP contribution is -2.25. The van der Waals surface area contributed by atoms with Gasteiger partial charge in [0.15, 0.2) is 0 Å². The highest BCUT2D eigenvalue weighted by atomic mass is 14.8. The number of hydrogen-bond donors (Lipinski definition) is 1. The summed E-state index contributed by atoms with van der Waals surface area (Å²) in [4.78, 5) is 0. The van der Waals surface area contributed by atoms with Gasteiger partial charge in [0.25, 0.3) is 0 Å². The number of nitrogens with one attached hydrogen (secondary N) is 1. The van der Waals surface area contributed by atoms with E-state index < -0.39 is 0 Å². The molecule has 1 fully saturated rings. The summed E-state index contributed by atoms with van der Waals surface area (Å²) in [7, 11) is 2.08. The third-order valence-electron chi connectivity index (χ3n) is 4.90. The van der Waals surface area contributed by atoms with E-state index in [0.717, 1.165) is 18.4 Å². The van der Waals surface area contributed by atoms with Crippen molar-refractivity contribution >= 4 is 0 Å². The molecule has 0 radical (unpaired) electrons. The molecule has 1 nitrogen and oxygen atoms in total. The molecule has 19 heavy (non-hydrogen) atoms. The number of hydrogen-bond acceptors (Lipinski definition) is 1. The molecule has 1 aromatic rings. The molecule has 0 heterocycles. The minimum Gasteiger partial charge on any atom is -0.319 e. The smallest absolute Gasteiger partial charge is 0.00172 e. The van der Waals surface area contributed by atoms with E-state index in [4.69, 9.17) is 0 Å². The van der Waals surface area contributed by atoms with Gasteiger partial charge >= 0.3 is 0 Å². The number of rotatable bonds is 6.